The number of nitrogens with one attached hydrogen (secondary N) is 1. The smallest absolute Gasteiger partial charge is 0.322 e. The first-order valence-electron chi connectivity index (χ1n) is 6.73. The van der Waals surface area contributed by atoms with Crippen LogP contribution in [0.1, 0.15) is 6.92 Å². The number of amides is 2. The number of halogens is 1. The molecule has 1 saturated heterocycles. The normalized spacial score (nSPS) is 15.8. The van der Waals surface area contributed by atoms with Crippen molar-refractivity contribution in [3.8, 4) is 0 Å². The van der Waals surface area contributed by atoms with E-state index < -0.39 is 16.8 Å². The van der Waals surface area contributed by atoms with E-state index in [-0.39, 0.29) is 11.4 Å². The maximum Gasteiger partial charge on any atom is 0.322 e. The molecule has 0 atom stereocenters. The van der Waals surface area contributed by atoms with Gasteiger partial charge >= 0.3 is 6.03 Å². The lowest BCUT2D eigenvalue weighted by molar-refractivity contribution is -0.385. The first-order chi connectivity index (χ1) is 10.0. The van der Waals surface area contributed by atoms with Gasteiger partial charge in [0.1, 0.15) is 0 Å². The van der Waals surface area contributed by atoms with Crippen molar-refractivity contribution in [2.45, 2.75) is 6.92 Å². The van der Waals surface area contributed by atoms with Gasteiger partial charge in [-0.3, -0.25) is 10.1 Å². The average molecular weight is 296 g/mol. The van der Waals surface area contributed by atoms with Crippen LogP contribution in [-0.2, 0) is 0 Å². The fraction of sp³-hybridized carbons (Fsp3) is 0.462. The summed E-state index contributed by atoms with van der Waals surface area (Å²) >= 11 is 0. The van der Waals surface area contributed by atoms with Crippen LogP contribution < -0.4 is 5.32 Å². The van der Waals surface area contributed by atoms with Gasteiger partial charge in [0.25, 0.3) is 5.69 Å². The lowest BCUT2D eigenvalue weighted by Crippen LogP contribution is -2.49. The number of likely N-dealkylation sites (N-methyl/N-ethyl adjacent to an activating group) is 1. The van der Waals surface area contributed by atoms with Crippen LogP contribution in [0.5, 0.6) is 0 Å². The molecule has 1 aliphatic rings. The van der Waals surface area contributed by atoms with Crippen LogP contribution in [0.15, 0.2) is 18.2 Å². The summed E-state index contributed by atoms with van der Waals surface area (Å²) in [6.45, 7) is 5.72. The number of urea groups is 1. The van der Waals surface area contributed by atoms with Crippen LogP contribution >= 0.6 is 0 Å². The second-order valence-electron chi connectivity index (χ2n) is 4.77. The van der Waals surface area contributed by atoms with Gasteiger partial charge in [-0.25, -0.2) is 9.18 Å². The molecule has 1 aliphatic heterocycles. The van der Waals surface area contributed by atoms with Crippen LogP contribution in [0.3, 0.4) is 0 Å². The molecular weight excluding hydrogens is 279 g/mol. The second-order valence-corrected chi connectivity index (χ2v) is 4.77. The SMILES string of the molecule is CCN1CCN(C(=O)Nc2ccc([N+](=O)[O-])cc2F)CC1. The van der Waals surface area contributed by atoms with Crippen molar-refractivity contribution in [3.05, 3.63) is 34.1 Å². The quantitative estimate of drug-likeness (QED) is 0.682. The van der Waals surface area contributed by atoms with Gasteiger partial charge in [0, 0.05) is 32.2 Å². The highest BCUT2D eigenvalue weighted by atomic mass is 19.1. The van der Waals surface area contributed by atoms with Crippen molar-refractivity contribution >= 4 is 17.4 Å². The van der Waals surface area contributed by atoms with Crippen LogP contribution in [-0.4, -0.2) is 53.5 Å². The number of nitro groups is 1. The van der Waals surface area contributed by atoms with Crippen molar-refractivity contribution in [1.82, 2.24) is 9.80 Å². The molecular formula is C13H17FN4O3. The molecule has 1 aromatic carbocycles. The molecule has 0 spiro atoms. The third-order valence-corrected chi connectivity index (χ3v) is 3.51. The zero-order valence-electron chi connectivity index (χ0n) is 11.7. The highest BCUT2D eigenvalue weighted by Gasteiger charge is 2.21. The molecule has 0 bridgehead atoms. The third-order valence-electron chi connectivity index (χ3n) is 3.51. The molecule has 1 aromatic rings. The number of carbonyl (C=O) groups excluding carboxylic acids is 1. The first kappa shape index (κ1) is 15.2. The number of hydrogen-bond acceptors (Lipinski definition) is 4. The van der Waals surface area contributed by atoms with Crippen molar-refractivity contribution < 1.29 is 14.1 Å². The van der Waals surface area contributed by atoms with E-state index in [2.05, 4.69) is 17.1 Å². The summed E-state index contributed by atoms with van der Waals surface area (Å²) in [5.41, 5.74) is -0.398. The zero-order valence-corrected chi connectivity index (χ0v) is 11.7. The molecule has 1 fully saturated rings. The van der Waals surface area contributed by atoms with E-state index in [9.17, 15) is 19.3 Å². The van der Waals surface area contributed by atoms with Gasteiger partial charge in [0.05, 0.1) is 16.7 Å². The number of rotatable bonds is 3. The summed E-state index contributed by atoms with van der Waals surface area (Å²) in [5.74, 6) is -0.815. The third kappa shape index (κ3) is 3.66. The van der Waals surface area contributed by atoms with Gasteiger partial charge in [0.2, 0.25) is 0 Å². The molecule has 21 heavy (non-hydrogen) atoms. The first-order valence-corrected chi connectivity index (χ1v) is 6.73. The number of piperazine rings is 1. The predicted molar refractivity (Wildman–Crippen MR) is 75.8 cm³/mol. The van der Waals surface area contributed by atoms with E-state index in [0.29, 0.717) is 13.1 Å². The Bertz CT molecular complexity index is 544. The lowest BCUT2D eigenvalue weighted by Gasteiger charge is -2.33. The summed E-state index contributed by atoms with van der Waals surface area (Å²) in [6.07, 6.45) is 0. The summed E-state index contributed by atoms with van der Waals surface area (Å²) < 4.78 is 13.7. The Hall–Kier alpha value is -2.22. The summed E-state index contributed by atoms with van der Waals surface area (Å²) in [5, 5.41) is 13.0. The number of anilines is 1. The van der Waals surface area contributed by atoms with E-state index in [1.807, 2.05) is 0 Å². The number of nitrogens with zero attached hydrogens (tertiary/aromatic N) is 3. The van der Waals surface area contributed by atoms with E-state index in [4.69, 9.17) is 0 Å². The molecule has 1 heterocycles. The highest BCUT2D eigenvalue weighted by molar-refractivity contribution is 5.89. The Morgan fingerprint density at radius 3 is 2.57 bits per heavy atom. The van der Waals surface area contributed by atoms with Gasteiger partial charge in [-0.1, -0.05) is 6.92 Å². The Balaban J connectivity index is 1.98. The van der Waals surface area contributed by atoms with Crippen molar-refractivity contribution in [1.29, 1.82) is 0 Å². The summed E-state index contributed by atoms with van der Waals surface area (Å²) in [4.78, 5) is 25.7. The molecule has 8 heteroatoms. The number of benzene rings is 1. The van der Waals surface area contributed by atoms with Crippen LogP contribution in [0.2, 0.25) is 0 Å². The minimum atomic E-state index is -0.815. The Morgan fingerprint density at radius 2 is 2.05 bits per heavy atom. The Morgan fingerprint density at radius 1 is 1.38 bits per heavy atom. The van der Waals surface area contributed by atoms with Gasteiger partial charge in [0.15, 0.2) is 5.82 Å². The molecule has 2 amide bonds. The Kier molecular flexibility index (Phi) is 4.69. The topological polar surface area (TPSA) is 78.7 Å². The van der Waals surface area contributed by atoms with Gasteiger partial charge in [-0.05, 0) is 12.6 Å². The molecule has 2 rings (SSSR count). The van der Waals surface area contributed by atoms with E-state index in [0.717, 1.165) is 31.8 Å². The van der Waals surface area contributed by atoms with Crippen LogP contribution in [0, 0.1) is 15.9 Å². The Labute approximate surface area is 121 Å². The number of hydrogen-bond donors (Lipinski definition) is 1. The fourth-order valence-electron chi connectivity index (χ4n) is 2.18. The molecule has 0 aromatic heterocycles. The molecule has 114 valence electrons. The maximum atomic E-state index is 13.7. The second kappa shape index (κ2) is 6.49. The minimum absolute atomic E-state index is 0.0523. The molecule has 0 radical (unpaired) electrons. The van der Waals surface area contributed by atoms with E-state index in [1.165, 1.54) is 6.07 Å². The van der Waals surface area contributed by atoms with Crippen molar-refractivity contribution in [2.75, 3.05) is 38.0 Å². The maximum absolute atomic E-state index is 13.7. The molecule has 0 unspecified atom stereocenters. The largest absolute Gasteiger partial charge is 0.322 e. The standard InChI is InChI=1S/C13H17FN4O3/c1-2-16-5-7-17(8-6-16)13(19)15-12-4-3-10(18(20)21)9-11(12)14/h3-4,9H,2,5-8H2,1H3,(H,15,19). The number of non-ortho nitro benzene ring substituents is 1. The van der Waals surface area contributed by atoms with E-state index >= 15 is 0 Å². The fourth-order valence-corrected chi connectivity index (χ4v) is 2.18. The highest BCUT2D eigenvalue weighted by Crippen LogP contribution is 2.21. The molecule has 1 N–H and O–H groups in total. The number of carbonyl (C=O) groups is 1. The molecule has 7 nitrogen and oxygen atoms in total. The lowest BCUT2D eigenvalue weighted by atomic mass is 10.2. The zero-order chi connectivity index (χ0) is 15.4. The van der Waals surface area contributed by atoms with Crippen molar-refractivity contribution in [2.24, 2.45) is 0 Å². The van der Waals surface area contributed by atoms with Crippen LogP contribution in [0.25, 0.3) is 0 Å². The average Bonchev–Trinajstić information content (AvgIpc) is 2.49. The van der Waals surface area contributed by atoms with E-state index in [1.54, 1.807) is 4.90 Å². The van der Waals surface area contributed by atoms with Gasteiger partial charge in [-0.15, -0.1) is 0 Å². The molecule has 0 saturated carbocycles. The summed E-state index contributed by atoms with van der Waals surface area (Å²) in [6, 6.07) is 2.77. The minimum Gasteiger partial charge on any atom is -0.322 e. The predicted octanol–water partition coefficient (Wildman–Crippen LogP) is 1.90. The monoisotopic (exact) mass is 296 g/mol. The van der Waals surface area contributed by atoms with Crippen LogP contribution in [0.4, 0.5) is 20.6 Å². The summed E-state index contributed by atoms with van der Waals surface area (Å²) in [7, 11) is 0. The number of nitro benzene ring substituents is 1. The van der Waals surface area contributed by atoms with Gasteiger partial charge in [-0.2, -0.15) is 0 Å². The van der Waals surface area contributed by atoms with Crippen molar-refractivity contribution in [3.63, 3.8) is 0 Å². The molecule has 0 aliphatic carbocycles. The van der Waals surface area contributed by atoms with Gasteiger partial charge < -0.3 is 15.1 Å².